The van der Waals surface area contributed by atoms with Gasteiger partial charge in [0.05, 0.1) is 11.7 Å². The molecule has 1 unspecified atom stereocenters. The van der Waals surface area contributed by atoms with Gasteiger partial charge in [-0.1, -0.05) is 19.3 Å². The van der Waals surface area contributed by atoms with Crippen molar-refractivity contribution in [2.24, 2.45) is 0 Å². The maximum atomic E-state index is 12.5. The number of carbonyl (C=O) groups excluding carboxylic acids is 1. The molecule has 1 atom stereocenters. The molecule has 1 saturated carbocycles. The summed E-state index contributed by atoms with van der Waals surface area (Å²) in [6.07, 6.45) is 10.5. The molecule has 1 amide bonds. The Bertz CT molecular complexity index is 290. The zero-order chi connectivity index (χ0) is 13.0. The van der Waals surface area contributed by atoms with Gasteiger partial charge in [-0.2, -0.15) is 11.8 Å². The average Bonchev–Trinajstić information content (AvgIpc) is 2.90. The van der Waals surface area contributed by atoms with Gasteiger partial charge in [0.1, 0.15) is 0 Å². The van der Waals surface area contributed by atoms with Crippen molar-refractivity contribution in [2.45, 2.75) is 63.6 Å². The monoisotopic (exact) mass is 270 g/mol. The molecule has 0 aromatic carbocycles. The van der Waals surface area contributed by atoms with Crippen LogP contribution in [0.2, 0.25) is 0 Å². The van der Waals surface area contributed by atoms with Crippen molar-refractivity contribution in [3.8, 4) is 0 Å². The Kier molecular flexibility index (Phi) is 4.96. The fourth-order valence-electron chi connectivity index (χ4n) is 3.33. The molecule has 4 heteroatoms. The molecule has 3 nitrogen and oxygen atoms in total. The van der Waals surface area contributed by atoms with E-state index in [1.807, 2.05) is 11.8 Å². The van der Waals surface area contributed by atoms with E-state index in [2.05, 4.69) is 23.4 Å². The molecule has 1 aliphatic carbocycles. The molecular formula is C14H26N2OS. The Morgan fingerprint density at radius 1 is 1.33 bits per heavy atom. The number of amides is 1. The molecular weight excluding hydrogens is 244 g/mol. The number of thioether (sulfide) groups is 1. The summed E-state index contributed by atoms with van der Waals surface area (Å²) < 4.78 is 0. The quantitative estimate of drug-likeness (QED) is 0.753. The maximum Gasteiger partial charge on any atom is 0.244 e. The van der Waals surface area contributed by atoms with E-state index in [4.69, 9.17) is 0 Å². The lowest BCUT2D eigenvalue weighted by atomic mass is 9.98. The summed E-state index contributed by atoms with van der Waals surface area (Å²) in [5.74, 6) is 1.61. The van der Waals surface area contributed by atoms with Crippen molar-refractivity contribution in [3.63, 3.8) is 0 Å². The van der Waals surface area contributed by atoms with Gasteiger partial charge < -0.3 is 4.90 Å². The van der Waals surface area contributed by atoms with Gasteiger partial charge in [-0.3, -0.25) is 10.1 Å². The first-order valence-electron chi connectivity index (χ1n) is 7.27. The minimum absolute atomic E-state index is 0.182. The maximum absolute atomic E-state index is 12.5. The number of nitrogens with one attached hydrogen (secondary N) is 1. The first-order chi connectivity index (χ1) is 8.69. The predicted molar refractivity (Wildman–Crippen MR) is 77.7 cm³/mol. The third kappa shape index (κ3) is 2.85. The van der Waals surface area contributed by atoms with Gasteiger partial charge in [0.25, 0.3) is 0 Å². The van der Waals surface area contributed by atoms with Gasteiger partial charge in [-0.05, 0) is 44.6 Å². The van der Waals surface area contributed by atoms with Crippen LogP contribution in [0.1, 0.15) is 51.9 Å². The van der Waals surface area contributed by atoms with Crippen molar-refractivity contribution in [3.05, 3.63) is 0 Å². The fourth-order valence-corrected chi connectivity index (χ4v) is 3.82. The Morgan fingerprint density at radius 3 is 2.72 bits per heavy atom. The van der Waals surface area contributed by atoms with Gasteiger partial charge in [0.2, 0.25) is 5.91 Å². The molecule has 1 heterocycles. The van der Waals surface area contributed by atoms with Gasteiger partial charge >= 0.3 is 0 Å². The van der Waals surface area contributed by atoms with Crippen molar-refractivity contribution < 1.29 is 4.79 Å². The van der Waals surface area contributed by atoms with Crippen molar-refractivity contribution >= 4 is 17.7 Å². The van der Waals surface area contributed by atoms with Crippen LogP contribution in [0.3, 0.4) is 0 Å². The number of hydrogen-bond acceptors (Lipinski definition) is 3. The van der Waals surface area contributed by atoms with E-state index >= 15 is 0 Å². The van der Waals surface area contributed by atoms with E-state index in [0.29, 0.717) is 5.91 Å². The topological polar surface area (TPSA) is 32.3 Å². The highest BCUT2D eigenvalue weighted by Gasteiger charge is 2.50. The largest absolute Gasteiger partial charge is 0.326 e. The van der Waals surface area contributed by atoms with Crippen molar-refractivity contribution in [2.75, 3.05) is 18.6 Å². The molecule has 0 aromatic rings. The number of rotatable bonds is 6. The van der Waals surface area contributed by atoms with Gasteiger partial charge in [0.15, 0.2) is 0 Å². The Hall–Kier alpha value is -0.220. The minimum atomic E-state index is -0.182. The molecule has 2 rings (SSSR count). The van der Waals surface area contributed by atoms with E-state index in [1.54, 1.807) is 0 Å². The highest BCUT2D eigenvalue weighted by molar-refractivity contribution is 7.98. The standard InChI is InChI=1S/C14H26N2OS/c1-12-15-14(8-4-5-9-14)13(17)16(12)10-6-3-7-11-18-2/h12,15H,3-11H2,1-2H3. The molecule has 0 bridgehead atoms. The summed E-state index contributed by atoms with van der Waals surface area (Å²) in [5.41, 5.74) is -0.182. The molecule has 104 valence electrons. The molecule has 1 N–H and O–H groups in total. The van der Waals surface area contributed by atoms with Crippen LogP contribution in [0.4, 0.5) is 0 Å². The Balaban J connectivity index is 1.80. The molecule has 2 aliphatic rings. The van der Waals surface area contributed by atoms with E-state index in [1.165, 1.54) is 31.4 Å². The molecule has 18 heavy (non-hydrogen) atoms. The molecule has 0 aromatic heterocycles. The molecule has 1 spiro atoms. The van der Waals surface area contributed by atoms with E-state index in [9.17, 15) is 4.79 Å². The van der Waals surface area contributed by atoms with E-state index in [0.717, 1.165) is 25.8 Å². The molecule has 2 fully saturated rings. The summed E-state index contributed by atoms with van der Waals surface area (Å²) in [6.45, 7) is 3.07. The van der Waals surface area contributed by atoms with Crippen LogP contribution in [0.25, 0.3) is 0 Å². The number of carbonyl (C=O) groups is 1. The lowest BCUT2D eigenvalue weighted by molar-refractivity contribution is -0.133. The molecule has 1 saturated heterocycles. The SMILES string of the molecule is CSCCCCCN1C(=O)C2(CCCC2)NC1C. The Labute approximate surface area is 115 Å². The summed E-state index contributed by atoms with van der Waals surface area (Å²) in [5, 5.41) is 3.55. The summed E-state index contributed by atoms with van der Waals surface area (Å²) in [7, 11) is 0. The smallest absolute Gasteiger partial charge is 0.244 e. The molecule has 1 aliphatic heterocycles. The van der Waals surface area contributed by atoms with E-state index < -0.39 is 0 Å². The average molecular weight is 270 g/mol. The lowest BCUT2D eigenvalue weighted by Crippen LogP contribution is -2.44. The predicted octanol–water partition coefficient (Wildman–Crippen LogP) is 2.61. The van der Waals surface area contributed by atoms with Gasteiger partial charge in [-0.25, -0.2) is 0 Å². The second-order valence-electron chi connectivity index (χ2n) is 5.66. The molecule has 0 radical (unpaired) electrons. The number of nitrogens with zero attached hydrogens (tertiary/aromatic N) is 1. The number of unbranched alkanes of at least 4 members (excludes halogenated alkanes) is 2. The van der Waals surface area contributed by atoms with Gasteiger partial charge in [0, 0.05) is 6.54 Å². The van der Waals surface area contributed by atoms with Crippen LogP contribution in [0.5, 0.6) is 0 Å². The summed E-state index contributed by atoms with van der Waals surface area (Å²) in [6, 6.07) is 0. The summed E-state index contributed by atoms with van der Waals surface area (Å²) >= 11 is 1.91. The lowest BCUT2D eigenvalue weighted by Gasteiger charge is -2.22. The van der Waals surface area contributed by atoms with Crippen LogP contribution in [-0.2, 0) is 4.79 Å². The van der Waals surface area contributed by atoms with Crippen LogP contribution in [0.15, 0.2) is 0 Å². The fraction of sp³-hybridized carbons (Fsp3) is 0.929. The van der Waals surface area contributed by atoms with Gasteiger partial charge in [-0.15, -0.1) is 0 Å². The Morgan fingerprint density at radius 2 is 2.06 bits per heavy atom. The third-order valence-corrected chi connectivity index (χ3v) is 5.02. The zero-order valence-corrected chi connectivity index (χ0v) is 12.5. The van der Waals surface area contributed by atoms with Crippen LogP contribution in [0, 0.1) is 0 Å². The second-order valence-corrected chi connectivity index (χ2v) is 6.65. The van der Waals surface area contributed by atoms with E-state index in [-0.39, 0.29) is 11.7 Å². The van der Waals surface area contributed by atoms with Crippen molar-refractivity contribution in [1.29, 1.82) is 0 Å². The van der Waals surface area contributed by atoms with Crippen LogP contribution < -0.4 is 5.32 Å². The second kappa shape index (κ2) is 6.29. The minimum Gasteiger partial charge on any atom is -0.326 e. The first-order valence-corrected chi connectivity index (χ1v) is 8.67. The third-order valence-electron chi connectivity index (χ3n) is 4.33. The van der Waals surface area contributed by atoms with Crippen molar-refractivity contribution in [1.82, 2.24) is 10.2 Å². The highest BCUT2D eigenvalue weighted by atomic mass is 32.2. The summed E-state index contributed by atoms with van der Waals surface area (Å²) in [4.78, 5) is 14.6. The first kappa shape index (κ1) is 14.2. The van der Waals surface area contributed by atoms with Crippen LogP contribution in [-0.4, -0.2) is 41.1 Å². The number of hydrogen-bond donors (Lipinski definition) is 1. The normalized spacial score (nSPS) is 26.4. The van der Waals surface area contributed by atoms with Crippen LogP contribution >= 0.6 is 11.8 Å². The zero-order valence-electron chi connectivity index (χ0n) is 11.7. The highest BCUT2D eigenvalue weighted by Crippen LogP contribution is 2.36.